The number of nitrogens with one attached hydrogen (secondary N) is 16. The van der Waals surface area contributed by atoms with Gasteiger partial charge in [-0.25, -0.2) is 0 Å². The molecule has 10 aliphatic heterocycles. The van der Waals surface area contributed by atoms with Gasteiger partial charge in [0.1, 0.15) is 0 Å². The van der Waals surface area contributed by atoms with Crippen LogP contribution >= 0.6 is 0 Å². The van der Waals surface area contributed by atoms with Crippen molar-refractivity contribution in [3.05, 3.63) is 0 Å². The molecule has 0 aromatic rings. The number of rotatable bonds is 10. The zero-order valence-electron chi connectivity index (χ0n) is 61.6. The molecule has 617 valence electrons. The van der Waals surface area contributed by atoms with Gasteiger partial charge >= 0.3 is 64.8 Å². The van der Waals surface area contributed by atoms with Gasteiger partial charge in [0.2, 0.25) is 0 Å². The molecule has 10 heterocycles. The Hall–Kier alpha value is -5.42. The van der Waals surface area contributed by atoms with Crippen molar-refractivity contribution >= 4 is 59.7 Å². The topological polar surface area (TPSA) is 571 Å². The maximum Gasteiger partial charge on any atom is 2.00 e. The predicted octanol–water partition coefficient (Wildman–Crippen LogP) is -4.35. The fourth-order valence-electron chi connectivity index (χ4n) is 27.6. The van der Waals surface area contributed by atoms with E-state index in [-0.39, 0.29) is 114 Å². The zero-order chi connectivity index (χ0) is 76.9. The van der Waals surface area contributed by atoms with Gasteiger partial charge in [-0.1, -0.05) is 64.2 Å². The zero-order valence-corrected chi connectivity index (χ0v) is 62.5. The molecule has 18 fully saturated rings. The third-order valence-electron chi connectivity index (χ3n) is 31.6. The maximum atomic E-state index is 13.2. The minimum Gasteiger partial charge on any atom is -0.550 e. The molecule has 10 saturated heterocycles. The van der Waals surface area contributed by atoms with Gasteiger partial charge in [-0.15, -0.1) is 0 Å². The number of carboxylic acid groups (broad SMARTS) is 10. The van der Waals surface area contributed by atoms with Crippen LogP contribution in [0.15, 0.2) is 0 Å². The Kier molecular flexibility index (Phi) is 22.6. The summed E-state index contributed by atoms with van der Waals surface area (Å²) < 4.78 is 0. The molecule has 42 unspecified atom stereocenters. The molecular weight excluding hydrogens is 1500 g/mol. The van der Waals surface area contributed by atoms with E-state index < -0.39 is 191 Å². The number of hydrogen-bond acceptors (Lipinski definition) is 28. The minimum absolute atomic E-state index is 0. The van der Waals surface area contributed by atoms with E-state index >= 15 is 0 Å². The van der Waals surface area contributed by atoms with Crippen LogP contribution in [0.3, 0.4) is 0 Å². The SMILES string of the molecule is O=C(O)C1CCCC2C3NC4NC(NC5NC(NC6NC(NC(N3)C12)C1C(C(=O)O)C(C(=O)O)C(C(=O)O)C(C(=O)[O-])C61)C1CCCCC51)C1CCCCC41.O=C(O)C1CCCC2C3NC4NC(NC5NC(NC6NC(NC(N3)C12)C1C(C(=O)O)C(C(=O)O)C(C(=O)O)C(C(=O)[O-])C61)C1CCCCC51)C1CCCCC41.[Cu+2]. The Labute approximate surface area is 651 Å². The molecule has 16 bridgehead atoms. The van der Waals surface area contributed by atoms with E-state index in [0.717, 1.165) is 128 Å². The Balaban J connectivity index is 0.000000167. The molecule has 42 atom stereocenters. The van der Waals surface area contributed by atoms with Crippen LogP contribution in [-0.4, -0.2) is 199 Å². The molecule has 1 radical (unpaired) electrons. The summed E-state index contributed by atoms with van der Waals surface area (Å²) in [5.41, 5.74) is 0. The first-order valence-corrected chi connectivity index (χ1v) is 41.3. The molecule has 111 heavy (non-hydrogen) atoms. The molecule has 0 amide bonds. The van der Waals surface area contributed by atoms with Crippen LogP contribution in [0, 0.1) is 154 Å². The number of fused-ring (bicyclic) bond motifs is 40. The summed E-state index contributed by atoms with van der Waals surface area (Å²) in [6.45, 7) is 0. The Bertz CT molecular complexity index is 3380. The molecule has 24 N–H and O–H groups in total. The van der Waals surface area contributed by atoms with Crippen LogP contribution in [-0.2, 0) is 65.0 Å². The van der Waals surface area contributed by atoms with Crippen LogP contribution in [0.1, 0.15) is 141 Å². The monoisotopic (exact) mass is 1610 g/mol. The van der Waals surface area contributed by atoms with Gasteiger partial charge in [-0.05, 0) is 136 Å². The summed E-state index contributed by atoms with van der Waals surface area (Å²) in [5, 5.41) is 170. The van der Waals surface area contributed by atoms with E-state index in [1.54, 1.807) is 0 Å². The molecule has 8 aliphatic carbocycles. The van der Waals surface area contributed by atoms with Gasteiger partial charge in [-0.3, -0.25) is 123 Å². The first-order valence-electron chi connectivity index (χ1n) is 41.3. The molecule has 8 saturated carbocycles. The average Bonchev–Trinajstić information content (AvgIpc) is 1.63. The summed E-state index contributed by atoms with van der Waals surface area (Å²) in [5.74, 6) is -36.0. The standard InChI is InChI=1S/2C37H56N8O10.Cu/c2*46-33(47)17-11-5-10-16-18(17)30-43-29(16)41-27-13-7-2-1-6-12(13)25(39-27)38-26-14-8-3-4-9-15(14)28(40-26)42-31-19-20(32(44-30)45-31)22(35(50)51)24(37(54)55)23(36(52)53)21(19)34(48)49;/h2*12-32,38-45H,1-11H2,(H,46,47)(H,48,49)(H,50,51)(H,52,53)(H,54,55);/q;;+2/p-2. The third-order valence-corrected chi connectivity index (χ3v) is 31.6. The number of carboxylic acids is 10. The van der Waals surface area contributed by atoms with Crippen LogP contribution < -0.4 is 95.3 Å². The van der Waals surface area contributed by atoms with Gasteiger partial charge in [-0.2, -0.15) is 0 Å². The molecule has 0 spiro atoms. The molecule has 36 nitrogen and oxygen atoms in total. The summed E-state index contributed by atoms with van der Waals surface area (Å²) in [4.78, 5) is 130. The molecule has 37 heteroatoms. The van der Waals surface area contributed by atoms with Crippen molar-refractivity contribution in [3.8, 4) is 0 Å². The second kappa shape index (κ2) is 31.6. The fraction of sp³-hybridized carbons (Fsp3) is 0.865. The summed E-state index contributed by atoms with van der Waals surface area (Å²) in [6.07, 6.45) is 13.8. The van der Waals surface area contributed by atoms with Crippen molar-refractivity contribution < 1.29 is 116 Å². The van der Waals surface area contributed by atoms with Gasteiger partial charge in [0.05, 0.1) is 146 Å². The largest absolute Gasteiger partial charge is 2.00 e. The second-order valence-corrected chi connectivity index (χ2v) is 36.2. The Morgan fingerprint density at radius 2 is 0.351 bits per heavy atom. The molecule has 0 aromatic carbocycles. The first kappa shape index (κ1) is 79.4. The van der Waals surface area contributed by atoms with Crippen LogP contribution in [0.25, 0.3) is 0 Å². The number of carbonyl (C=O) groups excluding carboxylic acids is 2. The van der Waals surface area contributed by atoms with E-state index in [1.165, 1.54) is 0 Å². The average molecular weight is 1610 g/mol. The number of hydrogen-bond donors (Lipinski definition) is 24. The molecule has 18 rings (SSSR count). The van der Waals surface area contributed by atoms with Gasteiger partial charge in [0.15, 0.2) is 0 Å². The number of aliphatic carboxylic acids is 10. The third kappa shape index (κ3) is 13.8. The summed E-state index contributed by atoms with van der Waals surface area (Å²) in [7, 11) is 0. The van der Waals surface area contributed by atoms with Gasteiger partial charge in [0, 0.05) is 59.3 Å². The quantitative estimate of drug-likeness (QED) is 0.0919. The van der Waals surface area contributed by atoms with Crippen molar-refractivity contribution in [2.75, 3.05) is 0 Å². The van der Waals surface area contributed by atoms with Crippen LogP contribution in [0.4, 0.5) is 0 Å². The van der Waals surface area contributed by atoms with E-state index in [2.05, 4.69) is 85.1 Å². The smallest absolute Gasteiger partial charge is 0.550 e. The van der Waals surface area contributed by atoms with Crippen molar-refractivity contribution in [3.63, 3.8) is 0 Å². The van der Waals surface area contributed by atoms with E-state index in [9.17, 15) is 99.0 Å². The summed E-state index contributed by atoms with van der Waals surface area (Å²) >= 11 is 0. The van der Waals surface area contributed by atoms with E-state index in [4.69, 9.17) is 0 Å². The van der Waals surface area contributed by atoms with Crippen molar-refractivity contribution in [1.82, 2.24) is 85.1 Å². The Morgan fingerprint density at radius 1 is 0.189 bits per heavy atom. The molecular formula is C74H110CuN16O20. The minimum atomic E-state index is -2.07. The van der Waals surface area contributed by atoms with E-state index in [0.29, 0.717) is 36.5 Å². The predicted molar refractivity (Wildman–Crippen MR) is 374 cm³/mol. The normalized spacial score (nSPS) is 51.1. The van der Waals surface area contributed by atoms with Crippen LogP contribution in [0.5, 0.6) is 0 Å². The van der Waals surface area contributed by atoms with E-state index in [1.807, 2.05) is 0 Å². The fourth-order valence-corrected chi connectivity index (χ4v) is 27.6. The molecule has 0 aromatic heterocycles. The first-order chi connectivity index (χ1) is 52.8. The van der Waals surface area contributed by atoms with Crippen molar-refractivity contribution in [2.45, 2.75) is 240 Å². The Morgan fingerprint density at radius 3 is 0.550 bits per heavy atom. The van der Waals surface area contributed by atoms with Crippen molar-refractivity contribution in [1.29, 1.82) is 0 Å². The maximum absolute atomic E-state index is 13.2. The van der Waals surface area contributed by atoms with Gasteiger partial charge < -0.3 is 60.7 Å². The van der Waals surface area contributed by atoms with Gasteiger partial charge in [0.25, 0.3) is 0 Å². The van der Waals surface area contributed by atoms with Crippen LogP contribution in [0.2, 0.25) is 0 Å². The number of carbonyl (C=O) groups is 10. The van der Waals surface area contributed by atoms with Crippen molar-refractivity contribution in [2.24, 2.45) is 154 Å². The summed E-state index contributed by atoms with van der Waals surface area (Å²) in [6, 6.07) is 0. The second-order valence-electron chi connectivity index (χ2n) is 36.2. The molecule has 18 aliphatic rings.